The van der Waals surface area contributed by atoms with Gasteiger partial charge in [0.05, 0.1) is 0 Å². The molecule has 1 saturated heterocycles. The number of anilines is 1. The zero-order chi connectivity index (χ0) is 22.7. The largest absolute Gasteiger partial charge is 0.484 e. The number of benzene rings is 1. The van der Waals surface area contributed by atoms with E-state index < -0.39 is 0 Å². The van der Waals surface area contributed by atoms with E-state index in [4.69, 9.17) is 14.7 Å². The molecule has 170 valence electrons. The number of ether oxygens (including phenoxy) is 1. The summed E-state index contributed by atoms with van der Waals surface area (Å²) < 4.78 is 5.61. The lowest BCUT2D eigenvalue weighted by Crippen LogP contribution is -2.41. The molecule has 1 fully saturated rings. The molecule has 3 heterocycles. The number of hydrogen-bond donors (Lipinski definition) is 0. The molecule has 7 nitrogen and oxygen atoms in total. The van der Waals surface area contributed by atoms with Gasteiger partial charge in [0, 0.05) is 43.2 Å². The number of likely N-dealkylation sites (tertiary alicyclic amines) is 1. The van der Waals surface area contributed by atoms with E-state index in [1.54, 1.807) is 0 Å². The highest BCUT2D eigenvalue weighted by Gasteiger charge is 2.31. The summed E-state index contributed by atoms with van der Waals surface area (Å²) in [6.45, 7) is 8.31. The first kappa shape index (κ1) is 22.2. The van der Waals surface area contributed by atoms with Gasteiger partial charge in [-0.05, 0) is 44.2 Å². The van der Waals surface area contributed by atoms with Crippen molar-refractivity contribution in [2.45, 2.75) is 52.4 Å². The number of aryl methyl sites for hydroxylation is 1. The fraction of sp³-hybridized carbons (Fsp3) is 0.520. The lowest BCUT2D eigenvalue weighted by molar-refractivity contribution is -0.134. The van der Waals surface area contributed by atoms with Crippen molar-refractivity contribution in [3.8, 4) is 5.75 Å². The van der Waals surface area contributed by atoms with Gasteiger partial charge in [-0.1, -0.05) is 32.0 Å². The summed E-state index contributed by atoms with van der Waals surface area (Å²) in [6.07, 6.45) is 2.86. The van der Waals surface area contributed by atoms with Crippen molar-refractivity contribution in [3.05, 3.63) is 47.4 Å². The van der Waals surface area contributed by atoms with Crippen molar-refractivity contribution >= 4 is 17.6 Å². The zero-order valence-corrected chi connectivity index (χ0v) is 19.2. The molecule has 2 amide bonds. The Kier molecular flexibility index (Phi) is 6.72. The molecule has 0 bridgehead atoms. The molecular weight excluding hydrogens is 404 g/mol. The number of piperidine rings is 1. The molecule has 0 aliphatic carbocycles. The maximum atomic E-state index is 12.6. The topological polar surface area (TPSA) is 75.6 Å². The normalized spacial score (nSPS) is 16.9. The summed E-state index contributed by atoms with van der Waals surface area (Å²) in [4.78, 5) is 38.6. The maximum Gasteiger partial charge on any atom is 0.260 e. The second-order valence-electron chi connectivity index (χ2n) is 9.12. The van der Waals surface area contributed by atoms with E-state index in [2.05, 4.69) is 13.8 Å². The monoisotopic (exact) mass is 436 g/mol. The number of carbonyl (C=O) groups excluding carboxylic acids is 2. The Morgan fingerprint density at radius 1 is 1.12 bits per heavy atom. The van der Waals surface area contributed by atoms with E-state index in [0.717, 1.165) is 35.7 Å². The third kappa shape index (κ3) is 4.92. The molecule has 2 aliphatic rings. The van der Waals surface area contributed by atoms with Gasteiger partial charge in [0.25, 0.3) is 5.91 Å². The number of carbonyl (C=O) groups is 2. The Hall–Kier alpha value is -2.96. The molecule has 4 rings (SSSR count). The van der Waals surface area contributed by atoms with Crippen LogP contribution in [-0.4, -0.2) is 52.9 Å². The van der Waals surface area contributed by atoms with Crippen molar-refractivity contribution < 1.29 is 14.3 Å². The van der Waals surface area contributed by atoms with E-state index in [0.29, 0.717) is 44.1 Å². The van der Waals surface area contributed by atoms with Crippen LogP contribution in [0, 0.1) is 12.8 Å². The van der Waals surface area contributed by atoms with Crippen LogP contribution in [-0.2, 0) is 16.0 Å². The minimum atomic E-state index is 0.00329. The Morgan fingerprint density at radius 2 is 1.84 bits per heavy atom. The molecule has 0 N–H and O–H groups in total. The maximum absolute atomic E-state index is 12.6. The molecule has 32 heavy (non-hydrogen) atoms. The Labute approximate surface area is 189 Å². The summed E-state index contributed by atoms with van der Waals surface area (Å²) in [6, 6.07) is 9.40. The number of para-hydroxylation sites is 1. The first-order chi connectivity index (χ1) is 15.4. The summed E-state index contributed by atoms with van der Waals surface area (Å²) >= 11 is 0. The van der Waals surface area contributed by atoms with Gasteiger partial charge in [-0.2, -0.15) is 0 Å². The van der Waals surface area contributed by atoms with Crippen LogP contribution < -0.4 is 9.64 Å². The molecule has 0 saturated carbocycles. The van der Waals surface area contributed by atoms with Gasteiger partial charge in [0.1, 0.15) is 17.4 Å². The van der Waals surface area contributed by atoms with Crippen molar-refractivity contribution in [1.29, 1.82) is 0 Å². The second kappa shape index (κ2) is 9.67. The third-order valence-corrected chi connectivity index (χ3v) is 6.22. The Morgan fingerprint density at radius 3 is 2.53 bits per heavy atom. The molecule has 7 heteroatoms. The predicted molar refractivity (Wildman–Crippen MR) is 123 cm³/mol. The summed E-state index contributed by atoms with van der Waals surface area (Å²) in [7, 11) is 0. The van der Waals surface area contributed by atoms with E-state index in [-0.39, 0.29) is 24.3 Å². The Bertz CT molecular complexity index is 969. The minimum absolute atomic E-state index is 0.00329. The van der Waals surface area contributed by atoms with Crippen molar-refractivity contribution in [2.75, 3.05) is 31.1 Å². The molecule has 2 aromatic rings. The van der Waals surface area contributed by atoms with Crippen LogP contribution in [0.3, 0.4) is 0 Å². The second-order valence-corrected chi connectivity index (χ2v) is 9.12. The highest BCUT2D eigenvalue weighted by molar-refractivity contribution is 5.95. The molecular formula is C25H32N4O3. The van der Waals surface area contributed by atoms with Crippen LogP contribution in [0.4, 0.5) is 5.82 Å². The van der Waals surface area contributed by atoms with Crippen LogP contribution in [0.25, 0.3) is 0 Å². The zero-order valence-electron chi connectivity index (χ0n) is 19.2. The van der Waals surface area contributed by atoms with Gasteiger partial charge in [0.15, 0.2) is 6.61 Å². The molecule has 0 atom stereocenters. The minimum Gasteiger partial charge on any atom is -0.484 e. The van der Waals surface area contributed by atoms with Crippen LogP contribution in [0.15, 0.2) is 30.3 Å². The highest BCUT2D eigenvalue weighted by Crippen LogP contribution is 2.33. The number of hydrogen-bond acceptors (Lipinski definition) is 5. The number of fused-ring (bicyclic) bond motifs is 1. The number of amides is 2. The van der Waals surface area contributed by atoms with Crippen molar-refractivity contribution in [1.82, 2.24) is 14.9 Å². The number of nitrogens with zero attached hydrogens (tertiary/aromatic N) is 4. The average Bonchev–Trinajstić information content (AvgIpc) is 2.80. The fourth-order valence-corrected chi connectivity index (χ4v) is 4.48. The number of rotatable bonds is 6. The molecule has 2 aliphatic heterocycles. The summed E-state index contributed by atoms with van der Waals surface area (Å²) in [5.74, 6) is 3.02. The van der Waals surface area contributed by atoms with Crippen LogP contribution >= 0.6 is 0 Å². The fourth-order valence-electron chi connectivity index (χ4n) is 4.48. The average molecular weight is 437 g/mol. The van der Waals surface area contributed by atoms with Gasteiger partial charge in [-0.15, -0.1) is 0 Å². The van der Waals surface area contributed by atoms with Gasteiger partial charge in [0.2, 0.25) is 5.91 Å². The molecule has 1 aromatic carbocycles. The number of aromatic nitrogens is 2. The van der Waals surface area contributed by atoms with Crippen LogP contribution in [0.5, 0.6) is 5.75 Å². The van der Waals surface area contributed by atoms with E-state index in [9.17, 15) is 9.59 Å². The third-order valence-electron chi connectivity index (χ3n) is 6.22. The molecule has 0 spiro atoms. The van der Waals surface area contributed by atoms with E-state index in [1.165, 1.54) is 0 Å². The van der Waals surface area contributed by atoms with Crippen LogP contribution in [0.1, 0.15) is 56.1 Å². The summed E-state index contributed by atoms with van der Waals surface area (Å²) in [5, 5.41) is 0. The van der Waals surface area contributed by atoms with E-state index >= 15 is 0 Å². The smallest absolute Gasteiger partial charge is 0.260 e. The van der Waals surface area contributed by atoms with Gasteiger partial charge >= 0.3 is 0 Å². The SMILES string of the molecule is Cc1nc(C2CCN(C(=O)COc3ccccc3)CC2)nc2c1CCC(=O)N2CC(C)C. The molecule has 1 aromatic heterocycles. The first-order valence-corrected chi connectivity index (χ1v) is 11.6. The lowest BCUT2D eigenvalue weighted by atomic mass is 9.94. The highest BCUT2D eigenvalue weighted by atomic mass is 16.5. The summed E-state index contributed by atoms with van der Waals surface area (Å²) in [5.41, 5.74) is 2.07. The van der Waals surface area contributed by atoms with Crippen molar-refractivity contribution in [2.24, 2.45) is 5.92 Å². The predicted octanol–water partition coefficient (Wildman–Crippen LogP) is 3.51. The lowest BCUT2D eigenvalue weighted by Gasteiger charge is -2.33. The van der Waals surface area contributed by atoms with Gasteiger partial charge < -0.3 is 9.64 Å². The molecule has 0 radical (unpaired) electrons. The quantitative estimate of drug-likeness (QED) is 0.693. The van der Waals surface area contributed by atoms with Gasteiger partial charge in [-0.25, -0.2) is 9.97 Å². The molecule has 0 unspecified atom stereocenters. The van der Waals surface area contributed by atoms with Crippen LogP contribution in [0.2, 0.25) is 0 Å². The first-order valence-electron chi connectivity index (χ1n) is 11.6. The standard InChI is InChI=1S/C25H32N4O3/c1-17(2)15-29-22(30)10-9-21-18(3)26-24(27-25(21)29)19-11-13-28(14-12-19)23(31)16-32-20-7-5-4-6-8-20/h4-8,17,19H,9-16H2,1-3H3. The van der Waals surface area contributed by atoms with Crippen molar-refractivity contribution in [3.63, 3.8) is 0 Å². The van der Waals surface area contributed by atoms with E-state index in [1.807, 2.05) is 47.1 Å². The van der Waals surface area contributed by atoms with Gasteiger partial charge in [-0.3, -0.25) is 14.5 Å². The Balaban J connectivity index is 1.41.